The van der Waals surface area contributed by atoms with E-state index in [1.165, 1.54) is 18.6 Å². The highest BCUT2D eigenvalue weighted by Crippen LogP contribution is 2.36. The van der Waals surface area contributed by atoms with Crippen molar-refractivity contribution >= 4 is 40.5 Å². The average molecular weight is 481 g/mol. The van der Waals surface area contributed by atoms with Gasteiger partial charge in [0.15, 0.2) is 5.11 Å². The van der Waals surface area contributed by atoms with E-state index in [1.54, 1.807) is 5.38 Å². The number of hydrogen-bond acceptors (Lipinski definition) is 7. The van der Waals surface area contributed by atoms with E-state index in [0.717, 1.165) is 29.1 Å². The molecule has 0 saturated carbocycles. The standard InChI is InChI=1S/C24H24N4O3S2/c1-3-7-20-21(23(29)30-2)22(19-15-33-27-26-19)25-24(32)28(20)17-10-12-18(13-11-17)31-14-16-8-5-4-6-9-16/h4-6,8-13,15,22H,3,7,14H2,1-2H3,(H,25,32)/t22-/m1/s1. The Kier molecular flexibility index (Phi) is 7.31. The number of rotatable bonds is 8. The second kappa shape index (κ2) is 10.5. The summed E-state index contributed by atoms with van der Waals surface area (Å²) in [6.07, 6.45) is 1.47. The first-order valence-electron chi connectivity index (χ1n) is 10.6. The normalized spacial score (nSPS) is 15.9. The van der Waals surface area contributed by atoms with Crippen molar-refractivity contribution in [2.75, 3.05) is 12.0 Å². The first-order valence-corrected chi connectivity index (χ1v) is 11.8. The average Bonchev–Trinajstić information content (AvgIpc) is 3.38. The summed E-state index contributed by atoms with van der Waals surface area (Å²) in [4.78, 5) is 14.8. The lowest BCUT2D eigenvalue weighted by Crippen LogP contribution is -2.48. The van der Waals surface area contributed by atoms with Gasteiger partial charge in [0.05, 0.1) is 12.7 Å². The topological polar surface area (TPSA) is 76.6 Å². The fourth-order valence-electron chi connectivity index (χ4n) is 3.72. The van der Waals surface area contributed by atoms with Gasteiger partial charge in [0, 0.05) is 16.8 Å². The fourth-order valence-corrected chi connectivity index (χ4v) is 4.54. The quantitative estimate of drug-likeness (QED) is 0.365. The van der Waals surface area contributed by atoms with Crippen LogP contribution in [0.15, 0.2) is 71.2 Å². The van der Waals surface area contributed by atoms with Gasteiger partial charge in [-0.25, -0.2) is 4.79 Å². The molecule has 9 heteroatoms. The van der Waals surface area contributed by atoms with Crippen LogP contribution in [0.2, 0.25) is 0 Å². The Balaban J connectivity index is 1.65. The second-order valence-electron chi connectivity index (χ2n) is 7.42. The molecule has 0 saturated heterocycles. The van der Waals surface area contributed by atoms with Crippen LogP contribution in [0, 0.1) is 0 Å². The maximum Gasteiger partial charge on any atom is 0.338 e. The van der Waals surface area contributed by atoms with Gasteiger partial charge >= 0.3 is 5.97 Å². The molecule has 0 unspecified atom stereocenters. The third-order valence-corrected chi connectivity index (χ3v) is 6.07. The van der Waals surface area contributed by atoms with Crippen molar-refractivity contribution in [1.82, 2.24) is 14.9 Å². The summed E-state index contributed by atoms with van der Waals surface area (Å²) >= 11 is 6.95. The number of anilines is 1. The van der Waals surface area contributed by atoms with Crippen LogP contribution in [0.1, 0.15) is 37.1 Å². The molecule has 0 fully saturated rings. The molecule has 0 spiro atoms. The highest BCUT2D eigenvalue weighted by atomic mass is 32.1. The van der Waals surface area contributed by atoms with Gasteiger partial charge in [-0.3, -0.25) is 4.90 Å². The van der Waals surface area contributed by atoms with Gasteiger partial charge in [0.25, 0.3) is 0 Å². The molecule has 7 nitrogen and oxygen atoms in total. The molecule has 1 aliphatic rings. The van der Waals surface area contributed by atoms with Crippen molar-refractivity contribution < 1.29 is 14.3 Å². The van der Waals surface area contributed by atoms with Crippen molar-refractivity contribution in [1.29, 1.82) is 0 Å². The molecule has 0 amide bonds. The zero-order valence-corrected chi connectivity index (χ0v) is 20.0. The van der Waals surface area contributed by atoms with Crippen molar-refractivity contribution in [3.05, 3.63) is 82.5 Å². The molecule has 1 aliphatic heterocycles. The van der Waals surface area contributed by atoms with Crippen LogP contribution in [0.3, 0.4) is 0 Å². The summed E-state index contributed by atoms with van der Waals surface area (Å²) in [5.74, 6) is 0.332. The number of ether oxygens (including phenoxy) is 2. The fraction of sp³-hybridized carbons (Fsp3) is 0.250. The van der Waals surface area contributed by atoms with Gasteiger partial charge in [0.2, 0.25) is 0 Å². The van der Waals surface area contributed by atoms with Crippen LogP contribution in [0.25, 0.3) is 0 Å². The van der Waals surface area contributed by atoms with E-state index in [4.69, 9.17) is 21.7 Å². The third kappa shape index (κ3) is 5.04. The van der Waals surface area contributed by atoms with E-state index in [9.17, 15) is 4.79 Å². The Labute approximate surface area is 202 Å². The number of carbonyl (C=O) groups is 1. The molecule has 1 N–H and O–H groups in total. The third-order valence-electron chi connectivity index (χ3n) is 5.25. The number of allylic oxidation sites excluding steroid dienone is 1. The van der Waals surface area contributed by atoms with Gasteiger partial charge in [0.1, 0.15) is 24.1 Å². The Morgan fingerprint density at radius 3 is 2.58 bits per heavy atom. The zero-order chi connectivity index (χ0) is 23.2. The molecule has 0 bridgehead atoms. The monoisotopic (exact) mass is 480 g/mol. The Hall–Kier alpha value is -3.30. The van der Waals surface area contributed by atoms with Crippen LogP contribution in [-0.2, 0) is 16.1 Å². The van der Waals surface area contributed by atoms with Crippen molar-refractivity contribution in [2.45, 2.75) is 32.4 Å². The number of carbonyl (C=O) groups excluding carboxylic acids is 1. The van der Waals surface area contributed by atoms with Crippen LogP contribution >= 0.6 is 23.8 Å². The first-order chi connectivity index (χ1) is 16.1. The van der Waals surface area contributed by atoms with Crippen molar-refractivity contribution in [3.8, 4) is 5.75 Å². The molecule has 1 aromatic heterocycles. The van der Waals surface area contributed by atoms with Gasteiger partial charge in [-0.15, -0.1) is 5.10 Å². The molecular formula is C24H24N4O3S2. The molecule has 2 aromatic carbocycles. The van der Waals surface area contributed by atoms with E-state index >= 15 is 0 Å². The lowest BCUT2D eigenvalue weighted by molar-refractivity contribution is -0.136. The van der Waals surface area contributed by atoms with Gasteiger partial charge < -0.3 is 14.8 Å². The minimum Gasteiger partial charge on any atom is -0.489 e. The molecule has 170 valence electrons. The van der Waals surface area contributed by atoms with Crippen molar-refractivity contribution in [3.63, 3.8) is 0 Å². The smallest absolute Gasteiger partial charge is 0.338 e. The minimum absolute atomic E-state index is 0.417. The second-order valence-corrected chi connectivity index (χ2v) is 8.41. The maximum atomic E-state index is 12.9. The molecular weight excluding hydrogens is 456 g/mol. The van der Waals surface area contributed by atoms with E-state index < -0.39 is 12.0 Å². The number of benzene rings is 2. The number of esters is 1. The summed E-state index contributed by atoms with van der Waals surface area (Å²) in [7, 11) is 1.38. The number of methoxy groups -OCH3 is 1. The van der Waals surface area contributed by atoms with E-state index in [1.807, 2.05) is 59.5 Å². The van der Waals surface area contributed by atoms with Gasteiger partial charge in [-0.1, -0.05) is 48.2 Å². The van der Waals surface area contributed by atoms with E-state index in [0.29, 0.717) is 29.4 Å². The van der Waals surface area contributed by atoms with E-state index in [2.05, 4.69) is 21.8 Å². The first kappa shape index (κ1) is 22.9. The lowest BCUT2D eigenvalue weighted by atomic mass is 9.96. The van der Waals surface area contributed by atoms with E-state index in [-0.39, 0.29) is 0 Å². The summed E-state index contributed by atoms with van der Waals surface area (Å²) in [6, 6.07) is 17.2. The predicted octanol–water partition coefficient (Wildman–Crippen LogP) is 4.78. The Morgan fingerprint density at radius 2 is 1.94 bits per heavy atom. The molecule has 0 radical (unpaired) electrons. The summed E-state index contributed by atoms with van der Waals surface area (Å²) in [5, 5.41) is 9.71. The molecule has 0 aliphatic carbocycles. The minimum atomic E-state index is -0.505. The predicted molar refractivity (Wildman–Crippen MR) is 132 cm³/mol. The number of thiocarbonyl (C=S) groups is 1. The van der Waals surface area contributed by atoms with Crippen LogP contribution < -0.4 is 15.0 Å². The summed E-state index contributed by atoms with van der Waals surface area (Å²) in [5.41, 5.74) is 3.86. The molecule has 33 heavy (non-hydrogen) atoms. The maximum absolute atomic E-state index is 12.9. The lowest BCUT2D eigenvalue weighted by Gasteiger charge is -2.38. The largest absolute Gasteiger partial charge is 0.489 e. The SMILES string of the molecule is CCCC1=C(C(=O)OC)[C@@H](c2csnn2)NC(=S)N1c1ccc(OCc2ccccc2)cc1. The molecule has 4 rings (SSSR count). The summed E-state index contributed by atoms with van der Waals surface area (Å²) < 4.78 is 15.0. The van der Waals surface area contributed by atoms with Gasteiger partial charge in [-0.2, -0.15) is 0 Å². The van der Waals surface area contributed by atoms with Crippen LogP contribution in [0.4, 0.5) is 5.69 Å². The Morgan fingerprint density at radius 1 is 1.18 bits per heavy atom. The highest BCUT2D eigenvalue weighted by molar-refractivity contribution is 7.80. The number of nitrogens with zero attached hydrogens (tertiary/aromatic N) is 3. The number of nitrogens with one attached hydrogen (secondary N) is 1. The number of aromatic nitrogens is 2. The summed E-state index contributed by atoms with van der Waals surface area (Å²) in [6.45, 7) is 2.55. The highest BCUT2D eigenvalue weighted by Gasteiger charge is 2.37. The molecule has 2 heterocycles. The zero-order valence-electron chi connectivity index (χ0n) is 18.4. The molecule has 1 atom stereocenters. The van der Waals surface area contributed by atoms with Crippen molar-refractivity contribution in [2.24, 2.45) is 0 Å². The Bertz CT molecular complexity index is 1130. The van der Waals surface area contributed by atoms with Crippen LogP contribution in [0.5, 0.6) is 5.75 Å². The van der Waals surface area contributed by atoms with Gasteiger partial charge in [-0.05, 0) is 60.0 Å². The number of hydrogen-bond donors (Lipinski definition) is 1. The molecule has 3 aromatic rings. The van der Waals surface area contributed by atoms with Crippen LogP contribution in [-0.4, -0.2) is 27.8 Å².